The minimum Gasteiger partial charge on any atom is -0.299 e. The SMILES string of the molecule is CN(C)[C@@H]1C(=O)[C@@]2(C)CC[C@@H]1C2(C)C. The highest BCUT2D eigenvalue weighted by atomic mass is 16.1. The van der Waals surface area contributed by atoms with Crippen LogP contribution in [0.3, 0.4) is 0 Å². The fourth-order valence-corrected chi connectivity index (χ4v) is 3.63. The second-order valence-electron chi connectivity index (χ2n) is 5.97. The van der Waals surface area contributed by atoms with Gasteiger partial charge in [-0.3, -0.25) is 9.69 Å². The van der Waals surface area contributed by atoms with Gasteiger partial charge in [0, 0.05) is 5.41 Å². The smallest absolute Gasteiger partial charge is 0.156 e. The van der Waals surface area contributed by atoms with E-state index in [2.05, 4.69) is 25.7 Å². The van der Waals surface area contributed by atoms with Gasteiger partial charge in [-0.15, -0.1) is 0 Å². The molecule has 2 fully saturated rings. The minimum atomic E-state index is -0.0629. The minimum absolute atomic E-state index is 0.0629. The second-order valence-corrected chi connectivity index (χ2v) is 5.97. The van der Waals surface area contributed by atoms with Crippen molar-refractivity contribution in [1.82, 2.24) is 4.90 Å². The number of carbonyl (C=O) groups is 1. The number of fused-ring (bicyclic) bond motifs is 2. The summed E-state index contributed by atoms with van der Waals surface area (Å²) in [6.45, 7) is 6.71. The van der Waals surface area contributed by atoms with Crippen molar-refractivity contribution < 1.29 is 4.79 Å². The highest BCUT2D eigenvalue weighted by Gasteiger charge is 2.66. The molecule has 2 aliphatic carbocycles. The molecule has 2 nitrogen and oxygen atoms in total. The molecule has 0 aromatic heterocycles. The lowest BCUT2D eigenvalue weighted by atomic mass is 9.70. The first-order chi connectivity index (χ1) is 6.32. The van der Waals surface area contributed by atoms with Crippen LogP contribution >= 0.6 is 0 Å². The topological polar surface area (TPSA) is 20.3 Å². The third-order valence-corrected chi connectivity index (χ3v) is 5.05. The molecule has 0 aromatic rings. The summed E-state index contributed by atoms with van der Waals surface area (Å²) in [5, 5.41) is 0. The maximum atomic E-state index is 12.3. The van der Waals surface area contributed by atoms with E-state index in [4.69, 9.17) is 0 Å². The number of Topliss-reactive ketones (excluding diaryl/α,β-unsaturated/α-hetero) is 1. The normalized spacial score (nSPS) is 45.1. The summed E-state index contributed by atoms with van der Waals surface area (Å²) in [7, 11) is 4.06. The van der Waals surface area contributed by atoms with Gasteiger partial charge in [0.2, 0.25) is 0 Å². The molecule has 0 amide bonds. The first kappa shape index (κ1) is 10.2. The van der Waals surface area contributed by atoms with Gasteiger partial charge >= 0.3 is 0 Å². The van der Waals surface area contributed by atoms with E-state index in [1.807, 2.05) is 14.1 Å². The van der Waals surface area contributed by atoms with Gasteiger partial charge in [0.05, 0.1) is 6.04 Å². The fourth-order valence-electron chi connectivity index (χ4n) is 3.63. The molecule has 0 N–H and O–H groups in total. The van der Waals surface area contributed by atoms with Crippen LogP contribution in [0.2, 0.25) is 0 Å². The lowest BCUT2D eigenvalue weighted by molar-refractivity contribution is -0.132. The fraction of sp³-hybridized carbons (Fsp3) is 0.917. The summed E-state index contributed by atoms with van der Waals surface area (Å²) in [4.78, 5) is 14.4. The average Bonchev–Trinajstić information content (AvgIpc) is 2.35. The van der Waals surface area contributed by atoms with Gasteiger partial charge in [0.1, 0.15) is 0 Å². The van der Waals surface area contributed by atoms with E-state index in [9.17, 15) is 4.79 Å². The molecule has 3 atom stereocenters. The van der Waals surface area contributed by atoms with Gasteiger partial charge in [-0.1, -0.05) is 20.8 Å². The standard InChI is InChI=1S/C12H21NO/c1-11(2)8-6-7-12(11,3)10(14)9(8)13(4)5/h8-9H,6-7H2,1-5H3/t8-,9-,12+/m0/s1. The van der Waals surface area contributed by atoms with Crippen molar-refractivity contribution in [2.24, 2.45) is 16.7 Å². The van der Waals surface area contributed by atoms with E-state index < -0.39 is 0 Å². The quantitative estimate of drug-likeness (QED) is 0.637. The van der Waals surface area contributed by atoms with Crippen LogP contribution in [-0.4, -0.2) is 30.8 Å². The molecule has 0 aromatic carbocycles. The maximum Gasteiger partial charge on any atom is 0.156 e. The molecule has 14 heavy (non-hydrogen) atoms. The van der Waals surface area contributed by atoms with E-state index in [0.29, 0.717) is 11.7 Å². The Kier molecular flexibility index (Phi) is 1.89. The van der Waals surface area contributed by atoms with E-state index >= 15 is 0 Å². The van der Waals surface area contributed by atoms with Gasteiger partial charge in [-0.25, -0.2) is 0 Å². The number of carbonyl (C=O) groups excluding carboxylic acids is 1. The third kappa shape index (κ3) is 0.881. The Morgan fingerprint density at radius 2 is 1.86 bits per heavy atom. The molecular formula is C12H21NO. The average molecular weight is 195 g/mol. The second kappa shape index (κ2) is 2.60. The Hall–Kier alpha value is -0.370. The van der Waals surface area contributed by atoms with Crippen LogP contribution in [-0.2, 0) is 4.79 Å². The zero-order valence-electron chi connectivity index (χ0n) is 9.92. The van der Waals surface area contributed by atoms with Crippen LogP contribution in [0.5, 0.6) is 0 Å². The first-order valence-corrected chi connectivity index (χ1v) is 5.53. The number of ketones is 1. The largest absolute Gasteiger partial charge is 0.299 e. The number of likely N-dealkylation sites (N-methyl/N-ethyl adjacent to an activating group) is 1. The lowest BCUT2D eigenvalue weighted by Gasteiger charge is -2.32. The Balaban J connectivity index is 2.44. The summed E-state index contributed by atoms with van der Waals surface area (Å²) in [5.41, 5.74) is 0.131. The first-order valence-electron chi connectivity index (χ1n) is 5.53. The predicted molar refractivity (Wildman–Crippen MR) is 57.1 cm³/mol. The predicted octanol–water partition coefficient (Wildman–Crippen LogP) is 1.94. The van der Waals surface area contributed by atoms with Crippen LogP contribution in [0.1, 0.15) is 33.6 Å². The lowest BCUT2D eigenvalue weighted by Crippen LogP contribution is -2.42. The van der Waals surface area contributed by atoms with Gasteiger partial charge in [0.25, 0.3) is 0 Å². The Bertz CT molecular complexity index is 282. The third-order valence-electron chi connectivity index (χ3n) is 5.05. The van der Waals surface area contributed by atoms with E-state index in [-0.39, 0.29) is 16.9 Å². The Morgan fingerprint density at radius 1 is 1.29 bits per heavy atom. The van der Waals surface area contributed by atoms with Crippen LogP contribution in [0.4, 0.5) is 0 Å². The molecular weight excluding hydrogens is 174 g/mol. The summed E-state index contributed by atoms with van der Waals surface area (Å²) >= 11 is 0. The summed E-state index contributed by atoms with van der Waals surface area (Å²) in [6, 6.07) is 0.170. The number of rotatable bonds is 1. The van der Waals surface area contributed by atoms with Crippen molar-refractivity contribution in [2.75, 3.05) is 14.1 Å². The molecule has 2 aliphatic rings. The molecule has 0 radical (unpaired) electrons. The van der Waals surface area contributed by atoms with Crippen molar-refractivity contribution in [3.8, 4) is 0 Å². The van der Waals surface area contributed by atoms with Crippen molar-refractivity contribution in [2.45, 2.75) is 39.7 Å². The summed E-state index contributed by atoms with van der Waals surface area (Å²) < 4.78 is 0. The van der Waals surface area contributed by atoms with Gasteiger partial charge < -0.3 is 0 Å². The molecule has 80 valence electrons. The summed E-state index contributed by atoms with van der Waals surface area (Å²) in [5.74, 6) is 1.04. The van der Waals surface area contributed by atoms with Gasteiger partial charge in [-0.05, 0) is 38.3 Å². The number of hydrogen-bond acceptors (Lipinski definition) is 2. The van der Waals surface area contributed by atoms with Crippen molar-refractivity contribution in [3.05, 3.63) is 0 Å². The van der Waals surface area contributed by atoms with Crippen LogP contribution in [0, 0.1) is 16.7 Å². The van der Waals surface area contributed by atoms with E-state index in [0.717, 1.165) is 6.42 Å². The Morgan fingerprint density at radius 3 is 2.14 bits per heavy atom. The molecule has 0 spiro atoms. The highest BCUT2D eigenvalue weighted by Crippen LogP contribution is 2.64. The van der Waals surface area contributed by atoms with Crippen molar-refractivity contribution in [1.29, 1.82) is 0 Å². The maximum absolute atomic E-state index is 12.3. The summed E-state index contributed by atoms with van der Waals surface area (Å²) in [6.07, 6.45) is 2.31. The van der Waals surface area contributed by atoms with Crippen LogP contribution in [0.25, 0.3) is 0 Å². The zero-order chi connectivity index (χ0) is 10.7. The molecule has 2 rings (SSSR count). The molecule has 0 aliphatic heterocycles. The Labute approximate surface area is 86.7 Å². The van der Waals surface area contributed by atoms with E-state index in [1.165, 1.54) is 6.42 Å². The molecule has 2 heteroatoms. The van der Waals surface area contributed by atoms with Crippen molar-refractivity contribution >= 4 is 5.78 Å². The highest BCUT2D eigenvalue weighted by molar-refractivity contribution is 5.94. The van der Waals surface area contributed by atoms with Crippen LogP contribution < -0.4 is 0 Å². The molecule has 0 unspecified atom stereocenters. The number of hydrogen-bond donors (Lipinski definition) is 0. The van der Waals surface area contributed by atoms with E-state index in [1.54, 1.807) is 0 Å². The molecule has 2 bridgehead atoms. The monoisotopic (exact) mass is 195 g/mol. The van der Waals surface area contributed by atoms with Gasteiger partial charge in [-0.2, -0.15) is 0 Å². The molecule has 2 saturated carbocycles. The van der Waals surface area contributed by atoms with Gasteiger partial charge in [0.15, 0.2) is 5.78 Å². The zero-order valence-corrected chi connectivity index (χ0v) is 9.92. The van der Waals surface area contributed by atoms with Crippen molar-refractivity contribution in [3.63, 3.8) is 0 Å². The molecule has 0 saturated heterocycles. The van der Waals surface area contributed by atoms with Crippen LogP contribution in [0.15, 0.2) is 0 Å². The molecule has 0 heterocycles. The number of nitrogens with zero attached hydrogens (tertiary/aromatic N) is 1.